The number of pyridine rings is 1. The third kappa shape index (κ3) is 4.34. The van der Waals surface area contributed by atoms with E-state index in [1.807, 2.05) is 24.3 Å². The number of nitrogens with one attached hydrogen (secondary N) is 1. The zero-order chi connectivity index (χ0) is 18.7. The zero-order valence-corrected chi connectivity index (χ0v) is 15.9. The Balaban J connectivity index is 1.62. The van der Waals surface area contributed by atoms with E-state index in [4.69, 9.17) is 11.6 Å². The second-order valence-corrected chi connectivity index (χ2v) is 8.99. The molecule has 26 heavy (non-hydrogen) atoms. The standard InChI is InChI=1S/C18H20ClN3O3S/c1-22(15-8-9-26(24,25)12-15)18(23)17-7-6-14(11-21-17)20-10-13-4-2-3-5-16(13)19/h2-7,11,15,20H,8-10,12H2,1H3. The van der Waals surface area contributed by atoms with Crippen molar-refractivity contribution < 1.29 is 13.2 Å². The predicted octanol–water partition coefficient (Wildman–Crippen LogP) is 2.61. The molecule has 138 valence electrons. The quantitative estimate of drug-likeness (QED) is 0.844. The van der Waals surface area contributed by atoms with Gasteiger partial charge in [0.05, 0.1) is 23.4 Å². The van der Waals surface area contributed by atoms with E-state index >= 15 is 0 Å². The summed E-state index contributed by atoms with van der Waals surface area (Å²) < 4.78 is 23.2. The highest BCUT2D eigenvalue weighted by Crippen LogP contribution is 2.19. The van der Waals surface area contributed by atoms with Gasteiger partial charge in [-0.2, -0.15) is 0 Å². The van der Waals surface area contributed by atoms with Crippen molar-refractivity contribution in [2.45, 2.75) is 19.0 Å². The van der Waals surface area contributed by atoms with E-state index in [-0.39, 0.29) is 23.5 Å². The van der Waals surface area contributed by atoms with Gasteiger partial charge in [0.15, 0.2) is 9.84 Å². The number of carbonyl (C=O) groups excluding carboxylic acids is 1. The summed E-state index contributed by atoms with van der Waals surface area (Å²) in [6.07, 6.45) is 2.06. The first-order valence-corrected chi connectivity index (χ1v) is 10.5. The van der Waals surface area contributed by atoms with Crippen molar-refractivity contribution in [3.63, 3.8) is 0 Å². The van der Waals surface area contributed by atoms with Gasteiger partial charge in [0.2, 0.25) is 0 Å². The molecule has 0 saturated carbocycles. The summed E-state index contributed by atoms with van der Waals surface area (Å²) in [6, 6.07) is 10.7. The second kappa shape index (κ2) is 7.63. The molecule has 2 aromatic rings. The maximum Gasteiger partial charge on any atom is 0.272 e. The lowest BCUT2D eigenvalue weighted by Crippen LogP contribution is -2.38. The molecule has 1 fully saturated rings. The Morgan fingerprint density at radius 1 is 1.31 bits per heavy atom. The number of anilines is 1. The van der Waals surface area contributed by atoms with E-state index in [9.17, 15) is 13.2 Å². The summed E-state index contributed by atoms with van der Waals surface area (Å²) in [4.78, 5) is 18.2. The minimum Gasteiger partial charge on any atom is -0.380 e. The first kappa shape index (κ1) is 18.7. The molecule has 0 aliphatic carbocycles. The third-order valence-electron chi connectivity index (χ3n) is 4.50. The van der Waals surface area contributed by atoms with Gasteiger partial charge >= 0.3 is 0 Å². The molecule has 1 saturated heterocycles. The van der Waals surface area contributed by atoms with Gasteiger partial charge < -0.3 is 10.2 Å². The molecule has 3 rings (SSSR count). The van der Waals surface area contributed by atoms with E-state index in [1.54, 1.807) is 25.4 Å². The van der Waals surface area contributed by atoms with Crippen LogP contribution in [0, 0.1) is 0 Å². The normalized spacial score (nSPS) is 18.5. The lowest BCUT2D eigenvalue weighted by Gasteiger charge is -2.23. The zero-order valence-electron chi connectivity index (χ0n) is 14.4. The molecule has 1 atom stereocenters. The fourth-order valence-corrected chi connectivity index (χ4v) is 4.87. The smallest absolute Gasteiger partial charge is 0.272 e. The average Bonchev–Trinajstić information content (AvgIpc) is 3.00. The molecule has 0 spiro atoms. The van der Waals surface area contributed by atoms with Gasteiger partial charge in [-0.1, -0.05) is 29.8 Å². The third-order valence-corrected chi connectivity index (χ3v) is 6.62. The number of rotatable bonds is 5. The van der Waals surface area contributed by atoms with Crippen molar-refractivity contribution in [2.24, 2.45) is 0 Å². The molecule has 1 aromatic carbocycles. The number of carbonyl (C=O) groups is 1. The molecule has 0 radical (unpaired) electrons. The fraction of sp³-hybridized carbons (Fsp3) is 0.333. The Kier molecular flexibility index (Phi) is 5.48. The van der Waals surface area contributed by atoms with Crippen LogP contribution in [0.2, 0.25) is 5.02 Å². The van der Waals surface area contributed by atoms with Crippen molar-refractivity contribution in [2.75, 3.05) is 23.9 Å². The van der Waals surface area contributed by atoms with Gasteiger partial charge in [0.25, 0.3) is 5.91 Å². The van der Waals surface area contributed by atoms with Crippen LogP contribution in [0.4, 0.5) is 5.69 Å². The highest BCUT2D eigenvalue weighted by atomic mass is 35.5. The maximum atomic E-state index is 12.5. The summed E-state index contributed by atoms with van der Waals surface area (Å²) in [5.41, 5.74) is 2.03. The van der Waals surface area contributed by atoms with Gasteiger partial charge in [-0.05, 0) is 30.2 Å². The molecule has 8 heteroatoms. The highest BCUT2D eigenvalue weighted by Gasteiger charge is 2.33. The van der Waals surface area contributed by atoms with Gasteiger partial charge in [-0.25, -0.2) is 13.4 Å². The summed E-state index contributed by atoms with van der Waals surface area (Å²) >= 11 is 6.13. The van der Waals surface area contributed by atoms with E-state index in [1.165, 1.54) is 4.90 Å². The average molecular weight is 394 g/mol. The number of hydrogen-bond acceptors (Lipinski definition) is 5. The number of hydrogen-bond donors (Lipinski definition) is 1. The first-order valence-electron chi connectivity index (χ1n) is 8.26. The van der Waals surface area contributed by atoms with E-state index in [0.717, 1.165) is 11.3 Å². The molecular formula is C18H20ClN3O3S. The van der Waals surface area contributed by atoms with E-state index in [2.05, 4.69) is 10.3 Å². The number of nitrogens with zero attached hydrogens (tertiary/aromatic N) is 2. The molecular weight excluding hydrogens is 374 g/mol. The number of benzene rings is 1. The van der Waals surface area contributed by atoms with Gasteiger partial charge in [-0.3, -0.25) is 4.79 Å². The molecule has 1 aliphatic heterocycles. The Labute approximate surface area is 158 Å². The van der Waals surface area contributed by atoms with Gasteiger partial charge in [0, 0.05) is 24.7 Å². The van der Waals surface area contributed by atoms with E-state index in [0.29, 0.717) is 23.7 Å². The summed E-state index contributed by atoms with van der Waals surface area (Å²) in [7, 11) is -1.41. The Morgan fingerprint density at radius 3 is 2.69 bits per heavy atom. The lowest BCUT2D eigenvalue weighted by atomic mass is 10.2. The first-order chi connectivity index (χ1) is 12.4. The number of amides is 1. The molecule has 1 N–H and O–H groups in total. The van der Waals surface area contributed by atoms with Crippen LogP contribution in [0.5, 0.6) is 0 Å². The minimum absolute atomic E-state index is 0.0205. The maximum absolute atomic E-state index is 12.5. The van der Waals surface area contributed by atoms with Gasteiger partial charge in [-0.15, -0.1) is 0 Å². The van der Waals surface area contributed by atoms with Crippen molar-refractivity contribution in [1.82, 2.24) is 9.88 Å². The summed E-state index contributed by atoms with van der Waals surface area (Å²) in [5.74, 6) is -0.120. The van der Waals surface area contributed by atoms with Crippen LogP contribution in [-0.2, 0) is 16.4 Å². The van der Waals surface area contributed by atoms with Crippen LogP contribution < -0.4 is 5.32 Å². The van der Waals surface area contributed by atoms with Crippen molar-refractivity contribution >= 4 is 33.0 Å². The van der Waals surface area contributed by atoms with Crippen LogP contribution >= 0.6 is 11.6 Å². The predicted molar refractivity (Wildman–Crippen MR) is 102 cm³/mol. The van der Waals surface area contributed by atoms with Crippen LogP contribution in [-0.4, -0.2) is 48.8 Å². The van der Waals surface area contributed by atoms with Crippen molar-refractivity contribution in [3.8, 4) is 0 Å². The Hall–Kier alpha value is -2.12. The highest BCUT2D eigenvalue weighted by molar-refractivity contribution is 7.91. The molecule has 6 nitrogen and oxygen atoms in total. The number of halogens is 1. The molecule has 1 aromatic heterocycles. The fourth-order valence-electron chi connectivity index (χ4n) is 2.89. The molecule has 2 heterocycles. The largest absolute Gasteiger partial charge is 0.380 e. The van der Waals surface area contributed by atoms with Crippen molar-refractivity contribution in [1.29, 1.82) is 0 Å². The second-order valence-electron chi connectivity index (χ2n) is 6.35. The number of sulfone groups is 1. The monoisotopic (exact) mass is 393 g/mol. The Bertz CT molecular complexity index is 900. The number of aromatic nitrogens is 1. The van der Waals surface area contributed by atoms with Gasteiger partial charge in [0.1, 0.15) is 5.69 Å². The topological polar surface area (TPSA) is 79.4 Å². The summed E-state index contributed by atoms with van der Waals surface area (Å²) in [6.45, 7) is 0.550. The SMILES string of the molecule is CN(C(=O)c1ccc(NCc2ccccc2Cl)cn1)C1CCS(=O)(=O)C1. The van der Waals surface area contributed by atoms with Crippen LogP contribution in [0.15, 0.2) is 42.6 Å². The minimum atomic E-state index is -3.04. The molecule has 1 aliphatic rings. The summed E-state index contributed by atoms with van der Waals surface area (Å²) in [5, 5.41) is 3.90. The lowest BCUT2D eigenvalue weighted by molar-refractivity contribution is 0.0742. The molecule has 1 unspecified atom stereocenters. The van der Waals surface area contributed by atoms with Crippen LogP contribution in [0.1, 0.15) is 22.5 Å². The van der Waals surface area contributed by atoms with Crippen LogP contribution in [0.25, 0.3) is 0 Å². The molecule has 0 bridgehead atoms. The molecule has 1 amide bonds. The Morgan fingerprint density at radius 2 is 2.08 bits per heavy atom. The van der Waals surface area contributed by atoms with Crippen LogP contribution in [0.3, 0.4) is 0 Å². The van der Waals surface area contributed by atoms with Crippen molar-refractivity contribution in [3.05, 3.63) is 58.9 Å². The van der Waals surface area contributed by atoms with E-state index < -0.39 is 9.84 Å².